The lowest BCUT2D eigenvalue weighted by Gasteiger charge is -2.23. The van der Waals surface area contributed by atoms with Crippen molar-refractivity contribution in [2.75, 3.05) is 19.0 Å². The first-order chi connectivity index (χ1) is 22.6. The minimum absolute atomic E-state index is 0.00325. The van der Waals surface area contributed by atoms with Gasteiger partial charge in [0.15, 0.2) is 15.6 Å². The number of hydrogen-bond acceptors (Lipinski definition) is 7. The molecule has 5 aromatic rings. The number of nitriles is 1. The molecule has 0 aliphatic carbocycles. The average molecular weight is 655 g/mol. The number of rotatable bonds is 8. The Morgan fingerprint density at radius 2 is 1.91 bits per heavy atom. The van der Waals surface area contributed by atoms with Crippen LogP contribution < -0.4 is 5.56 Å². The van der Waals surface area contributed by atoms with Gasteiger partial charge in [-0.2, -0.15) is 10.4 Å². The third kappa shape index (κ3) is 5.81. The molecule has 2 aromatic carbocycles. The van der Waals surface area contributed by atoms with E-state index in [9.17, 15) is 17.6 Å². The summed E-state index contributed by atoms with van der Waals surface area (Å²) in [7, 11) is -3.73. The van der Waals surface area contributed by atoms with Gasteiger partial charge in [-0.1, -0.05) is 26.0 Å². The molecule has 1 atom stereocenters. The molecule has 2 aliphatic heterocycles. The van der Waals surface area contributed by atoms with Crippen LogP contribution in [0.4, 0.5) is 4.39 Å². The molecule has 0 saturated carbocycles. The number of halogens is 1. The number of hydrogen-bond donors (Lipinski definition) is 1. The van der Waals surface area contributed by atoms with E-state index < -0.39 is 21.2 Å². The van der Waals surface area contributed by atoms with Crippen LogP contribution in [0.1, 0.15) is 61.5 Å². The molecule has 7 rings (SSSR count). The summed E-state index contributed by atoms with van der Waals surface area (Å²) >= 11 is 0. The van der Waals surface area contributed by atoms with Crippen LogP contribution in [0, 0.1) is 29.0 Å². The Morgan fingerprint density at radius 3 is 2.62 bits per heavy atom. The molecule has 1 fully saturated rings. The topological polar surface area (TPSA) is 131 Å². The highest BCUT2D eigenvalue weighted by Gasteiger charge is 2.42. The Hall–Kier alpha value is -4.53. The lowest BCUT2D eigenvalue weighted by atomic mass is 9.87. The van der Waals surface area contributed by atoms with E-state index in [1.54, 1.807) is 6.07 Å². The van der Waals surface area contributed by atoms with E-state index in [0.29, 0.717) is 46.8 Å². The van der Waals surface area contributed by atoms with Gasteiger partial charge < -0.3 is 13.8 Å². The summed E-state index contributed by atoms with van der Waals surface area (Å²) in [5.41, 5.74) is 4.17. The standard InChI is InChI=1S/C36H35FN4O5S/c1-21(2)27-20-47(43,44)36-33(25-6-8-30-24(16-25)9-12-41(30)19-23-3-5-26(18-38)28(37)15-23)34(31-17-32(42)40-46-31)29(39-35(27)36)7-4-22-10-13-45-14-11-22/h3,5-6,8-9,12,15-17,21-22,27H,4,7,10-11,13-14,19-20H2,1-2H3,(H,40,42)/t27-/m1/s1. The highest BCUT2D eigenvalue weighted by atomic mass is 32.2. The average Bonchev–Trinajstić information content (AvgIpc) is 3.74. The van der Waals surface area contributed by atoms with Crippen molar-refractivity contribution >= 4 is 20.7 Å². The molecule has 242 valence electrons. The summed E-state index contributed by atoms with van der Waals surface area (Å²) in [4.78, 5) is 17.7. The SMILES string of the molecule is CC(C)[C@H]1CS(=O)(=O)c2c1nc(CCC1CCOCC1)c(-c1cc(=O)[nH]o1)c2-c1ccc2c(ccn2Cc2ccc(C#N)c(F)c2)c1. The third-order valence-electron chi connectivity index (χ3n) is 9.59. The zero-order chi connectivity index (χ0) is 32.9. The van der Waals surface area contributed by atoms with Crippen LogP contribution in [0.5, 0.6) is 0 Å². The van der Waals surface area contributed by atoms with Crippen molar-refractivity contribution in [1.29, 1.82) is 5.26 Å². The largest absolute Gasteiger partial charge is 0.381 e. The first kappa shape index (κ1) is 31.1. The fourth-order valence-electron chi connectivity index (χ4n) is 7.05. The lowest BCUT2D eigenvalue weighted by molar-refractivity contribution is 0.0639. The second-order valence-corrected chi connectivity index (χ2v) is 14.9. The van der Waals surface area contributed by atoms with Crippen LogP contribution in [0.15, 0.2) is 68.9 Å². The van der Waals surface area contributed by atoms with Crippen LogP contribution in [-0.2, 0) is 27.5 Å². The number of nitrogens with zero attached hydrogens (tertiary/aromatic N) is 3. The third-order valence-corrected chi connectivity index (χ3v) is 11.4. The molecule has 5 heterocycles. The lowest BCUT2D eigenvalue weighted by Crippen LogP contribution is -2.17. The summed E-state index contributed by atoms with van der Waals surface area (Å²) in [6, 6.07) is 15.5. The first-order valence-corrected chi connectivity index (χ1v) is 17.6. The zero-order valence-electron chi connectivity index (χ0n) is 26.3. The molecule has 0 unspecified atom stereocenters. The van der Waals surface area contributed by atoms with Gasteiger partial charge in [0, 0.05) is 48.3 Å². The molecule has 9 nitrogen and oxygen atoms in total. The summed E-state index contributed by atoms with van der Waals surface area (Å²) in [6.45, 7) is 5.87. The maximum Gasteiger partial charge on any atom is 0.280 e. The molecule has 47 heavy (non-hydrogen) atoms. The Balaban J connectivity index is 1.40. The van der Waals surface area contributed by atoms with Gasteiger partial charge in [-0.3, -0.25) is 9.78 Å². The van der Waals surface area contributed by atoms with Crippen LogP contribution in [0.3, 0.4) is 0 Å². The number of H-pyrrole nitrogens is 1. The molecular formula is C36H35FN4O5S. The molecule has 0 amide bonds. The van der Waals surface area contributed by atoms with Crippen molar-refractivity contribution in [3.63, 3.8) is 0 Å². The zero-order valence-corrected chi connectivity index (χ0v) is 27.1. The summed E-state index contributed by atoms with van der Waals surface area (Å²) in [5.74, 6) is -0.0908. The van der Waals surface area contributed by atoms with Gasteiger partial charge in [-0.25, -0.2) is 12.8 Å². The van der Waals surface area contributed by atoms with E-state index in [2.05, 4.69) is 5.16 Å². The van der Waals surface area contributed by atoms with E-state index in [1.807, 2.05) is 54.9 Å². The second-order valence-electron chi connectivity index (χ2n) is 13.0. The van der Waals surface area contributed by atoms with Gasteiger partial charge in [-0.05, 0) is 79.0 Å². The molecule has 0 radical (unpaired) electrons. The first-order valence-electron chi connectivity index (χ1n) is 16.0. The van der Waals surface area contributed by atoms with Gasteiger partial charge in [0.05, 0.1) is 39.2 Å². The molecule has 0 bridgehead atoms. The maximum atomic E-state index is 14.3. The summed E-state index contributed by atoms with van der Waals surface area (Å²) in [5, 5.41) is 12.3. The Kier molecular flexibility index (Phi) is 8.10. The monoisotopic (exact) mass is 654 g/mol. The number of fused-ring (bicyclic) bond motifs is 2. The van der Waals surface area contributed by atoms with Crippen molar-refractivity contribution in [3.8, 4) is 28.5 Å². The fraction of sp³-hybridized carbons (Fsp3) is 0.361. The van der Waals surface area contributed by atoms with Crippen molar-refractivity contribution in [2.45, 2.75) is 56.9 Å². The minimum atomic E-state index is -3.73. The Bertz CT molecular complexity index is 2200. The normalized spacial score (nSPS) is 17.7. The van der Waals surface area contributed by atoms with Crippen molar-refractivity contribution in [1.82, 2.24) is 14.7 Å². The molecule has 1 saturated heterocycles. The molecule has 11 heteroatoms. The number of benzene rings is 2. The smallest absolute Gasteiger partial charge is 0.280 e. The summed E-state index contributed by atoms with van der Waals surface area (Å²) < 4.78 is 55.6. The number of aryl methyl sites for hydroxylation is 1. The van der Waals surface area contributed by atoms with Crippen molar-refractivity contribution < 1.29 is 22.1 Å². The molecular weight excluding hydrogens is 619 g/mol. The van der Waals surface area contributed by atoms with Gasteiger partial charge in [0.2, 0.25) is 0 Å². The number of pyridine rings is 1. The van der Waals surface area contributed by atoms with Gasteiger partial charge >= 0.3 is 0 Å². The van der Waals surface area contributed by atoms with E-state index in [0.717, 1.165) is 49.1 Å². The van der Waals surface area contributed by atoms with Crippen LogP contribution in [0.25, 0.3) is 33.4 Å². The second kappa shape index (κ2) is 12.2. The number of sulfone groups is 1. The molecule has 2 aliphatic rings. The molecule has 0 spiro atoms. The highest BCUT2D eigenvalue weighted by molar-refractivity contribution is 7.92. The highest BCUT2D eigenvalue weighted by Crippen LogP contribution is 2.48. The van der Waals surface area contributed by atoms with Gasteiger partial charge in [-0.15, -0.1) is 0 Å². The quantitative estimate of drug-likeness (QED) is 0.200. The van der Waals surface area contributed by atoms with Gasteiger partial charge in [0.1, 0.15) is 11.9 Å². The van der Waals surface area contributed by atoms with Crippen molar-refractivity contribution in [3.05, 3.63) is 93.4 Å². The number of ether oxygens (including phenoxy) is 1. The van der Waals surface area contributed by atoms with Crippen LogP contribution >= 0.6 is 0 Å². The minimum Gasteiger partial charge on any atom is -0.381 e. The van der Waals surface area contributed by atoms with E-state index >= 15 is 0 Å². The van der Waals surface area contributed by atoms with Crippen molar-refractivity contribution in [2.24, 2.45) is 11.8 Å². The van der Waals surface area contributed by atoms with E-state index in [4.69, 9.17) is 19.5 Å². The maximum absolute atomic E-state index is 14.3. The predicted octanol–water partition coefficient (Wildman–Crippen LogP) is 6.60. The Labute approximate surface area is 271 Å². The summed E-state index contributed by atoms with van der Waals surface area (Å²) in [6.07, 6.45) is 5.27. The van der Waals surface area contributed by atoms with Gasteiger partial charge in [0.25, 0.3) is 5.56 Å². The Morgan fingerprint density at radius 1 is 1.11 bits per heavy atom. The number of aromatic amines is 1. The fourth-order valence-corrected chi connectivity index (χ4v) is 9.28. The predicted molar refractivity (Wildman–Crippen MR) is 175 cm³/mol. The number of nitrogens with one attached hydrogen (secondary N) is 1. The van der Waals surface area contributed by atoms with Crippen LogP contribution in [-0.4, -0.2) is 42.1 Å². The van der Waals surface area contributed by atoms with Crippen LogP contribution in [0.2, 0.25) is 0 Å². The number of aromatic nitrogens is 3. The molecule has 1 N–H and O–H groups in total. The molecule has 3 aromatic heterocycles. The van der Waals surface area contributed by atoms with E-state index in [1.165, 1.54) is 18.2 Å². The van der Waals surface area contributed by atoms with E-state index in [-0.39, 0.29) is 33.8 Å².